The molecule has 0 aromatic rings. The molecule has 0 fully saturated rings. The van der Waals surface area contributed by atoms with Gasteiger partial charge < -0.3 is 4.74 Å². The van der Waals surface area contributed by atoms with E-state index in [0.29, 0.717) is 10.8 Å². The number of hydrogen-bond acceptors (Lipinski definition) is 1. The Morgan fingerprint density at radius 1 is 1.75 bits per heavy atom. The Labute approximate surface area is 54.6 Å². The average Bonchev–Trinajstić information content (AvgIpc) is 1.84. The fourth-order valence-corrected chi connectivity index (χ4v) is 0.318. The van der Waals surface area contributed by atoms with Crippen molar-refractivity contribution < 1.29 is 4.74 Å². The Kier molecular flexibility index (Phi) is 3.37. The van der Waals surface area contributed by atoms with Crippen LogP contribution in [0, 0.1) is 0 Å². The third kappa shape index (κ3) is 2.03. The van der Waals surface area contributed by atoms with Crippen molar-refractivity contribution >= 4 is 11.6 Å². The summed E-state index contributed by atoms with van der Waals surface area (Å²) in [5.74, 6) is 0.696. The molecule has 0 aliphatic carbocycles. The largest absolute Gasteiger partial charge is 0.500 e. The van der Waals surface area contributed by atoms with Crippen LogP contribution in [-0.4, -0.2) is 7.11 Å². The number of hydrogen-bond donors (Lipinski definition) is 0. The van der Waals surface area contributed by atoms with Gasteiger partial charge in [-0.2, -0.15) is 0 Å². The maximum atomic E-state index is 5.55. The molecule has 46 valence electrons. The van der Waals surface area contributed by atoms with Crippen LogP contribution in [-0.2, 0) is 4.74 Å². The molecule has 0 radical (unpaired) electrons. The van der Waals surface area contributed by atoms with Gasteiger partial charge in [0.05, 0.1) is 12.1 Å². The predicted molar refractivity (Wildman–Crippen MR) is 35.8 cm³/mol. The molecular formula is C6H9ClO. The molecule has 2 heteroatoms. The molecule has 0 bridgehead atoms. The van der Waals surface area contributed by atoms with E-state index in [2.05, 4.69) is 6.58 Å². The van der Waals surface area contributed by atoms with E-state index in [0.717, 1.165) is 0 Å². The summed E-state index contributed by atoms with van der Waals surface area (Å²) >= 11 is 5.55. The van der Waals surface area contributed by atoms with Gasteiger partial charge in [-0.1, -0.05) is 18.2 Å². The summed E-state index contributed by atoms with van der Waals surface area (Å²) in [6, 6.07) is 0. The van der Waals surface area contributed by atoms with Crippen LogP contribution >= 0.6 is 11.6 Å². The molecule has 0 saturated carbocycles. The van der Waals surface area contributed by atoms with Gasteiger partial charge in [0.2, 0.25) is 0 Å². The minimum Gasteiger partial charge on any atom is -0.500 e. The van der Waals surface area contributed by atoms with Gasteiger partial charge in [-0.05, 0) is 13.0 Å². The van der Waals surface area contributed by atoms with Crippen molar-refractivity contribution in [2.45, 2.75) is 6.92 Å². The van der Waals surface area contributed by atoms with Crippen molar-refractivity contribution in [3.05, 3.63) is 23.4 Å². The van der Waals surface area contributed by atoms with E-state index in [9.17, 15) is 0 Å². The van der Waals surface area contributed by atoms with E-state index < -0.39 is 0 Å². The summed E-state index contributed by atoms with van der Waals surface area (Å²) in [7, 11) is 1.57. The number of rotatable bonds is 2. The van der Waals surface area contributed by atoms with Crippen LogP contribution in [0.2, 0.25) is 0 Å². The summed E-state index contributed by atoms with van der Waals surface area (Å²) in [5.41, 5.74) is 0. The Morgan fingerprint density at radius 2 is 2.25 bits per heavy atom. The topological polar surface area (TPSA) is 9.23 Å². The highest BCUT2D eigenvalue weighted by Gasteiger charge is 1.89. The molecule has 0 spiro atoms. The van der Waals surface area contributed by atoms with E-state index in [4.69, 9.17) is 16.3 Å². The van der Waals surface area contributed by atoms with E-state index in [1.807, 2.05) is 0 Å². The fourth-order valence-electron chi connectivity index (χ4n) is 0.241. The van der Waals surface area contributed by atoms with Crippen LogP contribution < -0.4 is 0 Å². The summed E-state index contributed by atoms with van der Waals surface area (Å²) in [4.78, 5) is 0. The molecular weight excluding hydrogens is 124 g/mol. The molecule has 0 rings (SSSR count). The molecule has 0 heterocycles. The Morgan fingerprint density at radius 3 is 2.38 bits per heavy atom. The van der Waals surface area contributed by atoms with Crippen molar-refractivity contribution in [1.82, 2.24) is 0 Å². The lowest BCUT2D eigenvalue weighted by Gasteiger charge is -1.97. The van der Waals surface area contributed by atoms with Crippen molar-refractivity contribution in [3.8, 4) is 0 Å². The lowest BCUT2D eigenvalue weighted by molar-refractivity contribution is 0.292. The summed E-state index contributed by atoms with van der Waals surface area (Å²) in [5, 5.41) is 0.563. The maximum absolute atomic E-state index is 5.55. The highest BCUT2D eigenvalue weighted by molar-refractivity contribution is 6.31. The molecule has 0 amide bonds. The fraction of sp³-hybridized carbons (Fsp3) is 0.333. The molecule has 0 aromatic heterocycles. The zero-order chi connectivity index (χ0) is 6.57. The van der Waals surface area contributed by atoms with E-state index in [1.165, 1.54) is 0 Å². The second-order valence-corrected chi connectivity index (χ2v) is 1.72. The molecule has 0 aliphatic heterocycles. The SMILES string of the molecule is C=C/C(Cl)=C(\C)OC. The first-order chi connectivity index (χ1) is 3.72. The highest BCUT2D eigenvalue weighted by Crippen LogP contribution is 2.08. The van der Waals surface area contributed by atoms with Gasteiger partial charge in [-0.25, -0.2) is 0 Å². The van der Waals surface area contributed by atoms with Crippen LogP contribution in [0.3, 0.4) is 0 Å². The van der Waals surface area contributed by atoms with Crippen molar-refractivity contribution in [2.75, 3.05) is 7.11 Å². The second kappa shape index (κ2) is 3.56. The monoisotopic (exact) mass is 132 g/mol. The Hall–Kier alpha value is -0.430. The molecule has 8 heavy (non-hydrogen) atoms. The first-order valence-corrected chi connectivity index (χ1v) is 2.63. The van der Waals surface area contributed by atoms with Crippen molar-refractivity contribution in [2.24, 2.45) is 0 Å². The lowest BCUT2D eigenvalue weighted by atomic mass is 10.5. The summed E-state index contributed by atoms with van der Waals surface area (Å²) < 4.78 is 4.78. The molecule has 0 aliphatic rings. The van der Waals surface area contributed by atoms with Crippen LogP contribution in [0.1, 0.15) is 6.92 Å². The van der Waals surface area contributed by atoms with E-state index in [-0.39, 0.29) is 0 Å². The van der Waals surface area contributed by atoms with Gasteiger partial charge in [0.25, 0.3) is 0 Å². The summed E-state index contributed by atoms with van der Waals surface area (Å²) in [6.07, 6.45) is 1.54. The van der Waals surface area contributed by atoms with Crippen LogP contribution in [0.4, 0.5) is 0 Å². The zero-order valence-electron chi connectivity index (χ0n) is 5.07. The predicted octanol–water partition coefficient (Wildman–Crippen LogP) is 2.29. The average molecular weight is 133 g/mol. The molecule has 0 saturated heterocycles. The van der Waals surface area contributed by atoms with Gasteiger partial charge >= 0.3 is 0 Å². The first kappa shape index (κ1) is 7.57. The smallest absolute Gasteiger partial charge is 0.111 e. The van der Waals surface area contributed by atoms with Crippen molar-refractivity contribution in [3.63, 3.8) is 0 Å². The summed E-state index contributed by atoms with van der Waals surface area (Å²) in [6.45, 7) is 5.24. The first-order valence-electron chi connectivity index (χ1n) is 2.25. The minimum atomic E-state index is 0.563. The van der Waals surface area contributed by atoms with Gasteiger partial charge in [-0.15, -0.1) is 0 Å². The van der Waals surface area contributed by atoms with Crippen molar-refractivity contribution in [1.29, 1.82) is 0 Å². The van der Waals surface area contributed by atoms with Crippen LogP contribution in [0.5, 0.6) is 0 Å². The Bertz CT molecular complexity index is 116. The van der Waals surface area contributed by atoms with Crippen LogP contribution in [0.15, 0.2) is 23.4 Å². The van der Waals surface area contributed by atoms with E-state index in [1.54, 1.807) is 20.1 Å². The third-order valence-electron chi connectivity index (χ3n) is 0.822. The van der Waals surface area contributed by atoms with Gasteiger partial charge in [0.1, 0.15) is 5.76 Å². The number of ether oxygens (including phenoxy) is 1. The normalized spacial score (nSPS) is 12.4. The molecule has 0 aromatic carbocycles. The molecule has 0 N–H and O–H groups in total. The molecule has 0 unspecified atom stereocenters. The number of allylic oxidation sites excluding steroid dienone is 3. The van der Waals surface area contributed by atoms with E-state index >= 15 is 0 Å². The van der Waals surface area contributed by atoms with Crippen LogP contribution in [0.25, 0.3) is 0 Å². The van der Waals surface area contributed by atoms with Gasteiger partial charge in [0.15, 0.2) is 0 Å². The van der Waals surface area contributed by atoms with Gasteiger partial charge in [0, 0.05) is 0 Å². The maximum Gasteiger partial charge on any atom is 0.111 e. The zero-order valence-corrected chi connectivity index (χ0v) is 5.83. The minimum absolute atomic E-state index is 0.563. The second-order valence-electron chi connectivity index (χ2n) is 1.31. The molecule has 0 atom stereocenters. The highest BCUT2D eigenvalue weighted by atomic mass is 35.5. The lowest BCUT2D eigenvalue weighted by Crippen LogP contribution is -1.79. The molecule has 1 nitrogen and oxygen atoms in total. The third-order valence-corrected chi connectivity index (χ3v) is 1.24. The number of halogens is 1. The standard InChI is InChI=1S/C6H9ClO/c1-4-6(7)5(2)8-3/h4H,1H2,2-3H3/b6-5-. The van der Waals surface area contributed by atoms with Gasteiger partial charge in [-0.3, -0.25) is 0 Å². The number of methoxy groups -OCH3 is 1. The Balaban J connectivity index is 4.03. The quantitative estimate of drug-likeness (QED) is 0.414.